The van der Waals surface area contributed by atoms with E-state index in [9.17, 15) is 14.4 Å². The Hall–Kier alpha value is -3.41. The molecule has 2 aromatic carbocycles. The van der Waals surface area contributed by atoms with Gasteiger partial charge in [0.1, 0.15) is 11.3 Å². The van der Waals surface area contributed by atoms with Gasteiger partial charge in [-0.2, -0.15) is 0 Å². The SMILES string of the molecule is COc1ccc(C=C2C(=O)NC(=O)N(c3ccc(C)cc3)C2=O)c(C)c1. The highest BCUT2D eigenvalue weighted by Crippen LogP contribution is 2.24. The molecule has 1 heterocycles. The van der Waals surface area contributed by atoms with E-state index in [-0.39, 0.29) is 5.57 Å². The van der Waals surface area contributed by atoms with Gasteiger partial charge in [0, 0.05) is 0 Å². The summed E-state index contributed by atoms with van der Waals surface area (Å²) in [6.07, 6.45) is 1.49. The Morgan fingerprint density at radius 1 is 1.00 bits per heavy atom. The van der Waals surface area contributed by atoms with E-state index in [1.165, 1.54) is 6.08 Å². The Labute approximate surface area is 151 Å². The van der Waals surface area contributed by atoms with Crippen LogP contribution in [0.25, 0.3) is 6.08 Å². The predicted molar refractivity (Wildman–Crippen MR) is 97.9 cm³/mol. The molecule has 4 amide bonds. The highest BCUT2D eigenvalue weighted by atomic mass is 16.5. The molecule has 1 N–H and O–H groups in total. The van der Waals surface area contributed by atoms with Crippen LogP contribution in [0.4, 0.5) is 10.5 Å². The Morgan fingerprint density at radius 3 is 2.31 bits per heavy atom. The molecule has 0 radical (unpaired) electrons. The van der Waals surface area contributed by atoms with Gasteiger partial charge in [0.15, 0.2) is 0 Å². The van der Waals surface area contributed by atoms with Crippen LogP contribution in [-0.2, 0) is 9.59 Å². The van der Waals surface area contributed by atoms with Crippen LogP contribution in [0.15, 0.2) is 48.0 Å². The van der Waals surface area contributed by atoms with Crippen LogP contribution in [0.1, 0.15) is 16.7 Å². The van der Waals surface area contributed by atoms with Crippen molar-refractivity contribution in [2.75, 3.05) is 12.0 Å². The van der Waals surface area contributed by atoms with Crippen molar-refractivity contribution in [1.82, 2.24) is 5.32 Å². The van der Waals surface area contributed by atoms with E-state index >= 15 is 0 Å². The smallest absolute Gasteiger partial charge is 0.335 e. The number of hydrogen-bond donors (Lipinski definition) is 1. The molecule has 2 aromatic rings. The first-order chi connectivity index (χ1) is 12.4. The Bertz CT molecular complexity index is 929. The van der Waals surface area contributed by atoms with Crippen molar-refractivity contribution in [3.05, 3.63) is 64.7 Å². The molecule has 0 unspecified atom stereocenters. The third-order valence-corrected chi connectivity index (χ3v) is 4.17. The third-order valence-electron chi connectivity index (χ3n) is 4.17. The van der Waals surface area contributed by atoms with Gasteiger partial charge >= 0.3 is 6.03 Å². The van der Waals surface area contributed by atoms with E-state index in [2.05, 4.69) is 5.32 Å². The van der Waals surface area contributed by atoms with Crippen molar-refractivity contribution in [1.29, 1.82) is 0 Å². The molecule has 0 spiro atoms. The number of rotatable bonds is 3. The van der Waals surface area contributed by atoms with Crippen molar-refractivity contribution in [3.8, 4) is 5.75 Å². The van der Waals surface area contributed by atoms with E-state index in [0.717, 1.165) is 16.0 Å². The number of carbonyl (C=O) groups is 3. The Kier molecular flexibility index (Phi) is 4.58. The summed E-state index contributed by atoms with van der Waals surface area (Å²) in [4.78, 5) is 38.2. The van der Waals surface area contributed by atoms with Gasteiger partial charge in [0.2, 0.25) is 0 Å². The number of nitrogens with one attached hydrogen (secondary N) is 1. The van der Waals surface area contributed by atoms with E-state index in [4.69, 9.17) is 4.74 Å². The van der Waals surface area contributed by atoms with Gasteiger partial charge in [-0.3, -0.25) is 14.9 Å². The molecule has 0 bridgehead atoms. The fourth-order valence-corrected chi connectivity index (χ4v) is 2.68. The molecule has 6 heteroatoms. The number of aryl methyl sites for hydroxylation is 2. The van der Waals surface area contributed by atoms with Crippen LogP contribution in [0.2, 0.25) is 0 Å². The minimum absolute atomic E-state index is 0.0987. The molecule has 1 saturated heterocycles. The number of nitrogens with zero attached hydrogens (tertiary/aromatic N) is 1. The predicted octanol–water partition coefficient (Wildman–Crippen LogP) is 2.98. The van der Waals surface area contributed by atoms with Gasteiger partial charge in [-0.1, -0.05) is 23.8 Å². The van der Waals surface area contributed by atoms with E-state index in [0.29, 0.717) is 17.0 Å². The lowest BCUT2D eigenvalue weighted by Crippen LogP contribution is -2.54. The Morgan fingerprint density at radius 2 is 1.69 bits per heavy atom. The lowest BCUT2D eigenvalue weighted by atomic mass is 10.0. The zero-order valence-corrected chi connectivity index (χ0v) is 14.7. The van der Waals surface area contributed by atoms with Crippen LogP contribution in [0.5, 0.6) is 5.75 Å². The van der Waals surface area contributed by atoms with Gasteiger partial charge < -0.3 is 4.74 Å². The molecule has 0 atom stereocenters. The highest BCUT2D eigenvalue weighted by molar-refractivity contribution is 6.39. The number of anilines is 1. The number of ether oxygens (including phenoxy) is 1. The molecule has 1 fully saturated rings. The number of hydrogen-bond acceptors (Lipinski definition) is 4. The molecule has 1 aliphatic heterocycles. The fourth-order valence-electron chi connectivity index (χ4n) is 2.68. The molecule has 26 heavy (non-hydrogen) atoms. The molecule has 1 aliphatic rings. The maximum atomic E-state index is 12.8. The van der Waals surface area contributed by atoms with Crippen molar-refractivity contribution in [3.63, 3.8) is 0 Å². The minimum Gasteiger partial charge on any atom is -0.497 e. The van der Waals surface area contributed by atoms with Gasteiger partial charge in [-0.15, -0.1) is 0 Å². The summed E-state index contributed by atoms with van der Waals surface area (Å²) in [5, 5.41) is 2.22. The largest absolute Gasteiger partial charge is 0.497 e. The summed E-state index contributed by atoms with van der Waals surface area (Å²) in [7, 11) is 1.57. The van der Waals surface area contributed by atoms with E-state index in [1.54, 1.807) is 49.6 Å². The monoisotopic (exact) mass is 350 g/mol. The van der Waals surface area contributed by atoms with Gasteiger partial charge in [-0.25, -0.2) is 9.69 Å². The molecule has 0 aliphatic carbocycles. The van der Waals surface area contributed by atoms with Gasteiger partial charge in [0.05, 0.1) is 12.8 Å². The first kappa shape index (κ1) is 17.4. The first-order valence-corrected chi connectivity index (χ1v) is 8.03. The van der Waals surface area contributed by atoms with Gasteiger partial charge in [0.25, 0.3) is 11.8 Å². The molecule has 0 saturated carbocycles. The molecular formula is C20H18N2O4. The molecule has 132 valence electrons. The topological polar surface area (TPSA) is 75.7 Å². The average Bonchev–Trinajstić information content (AvgIpc) is 2.61. The zero-order valence-electron chi connectivity index (χ0n) is 14.7. The quantitative estimate of drug-likeness (QED) is 0.682. The molecule has 6 nitrogen and oxygen atoms in total. The average molecular weight is 350 g/mol. The normalized spacial score (nSPS) is 16.0. The second-order valence-corrected chi connectivity index (χ2v) is 6.02. The van der Waals surface area contributed by atoms with Crippen LogP contribution in [0.3, 0.4) is 0 Å². The number of methoxy groups -OCH3 is 1. The number of urea groups is 1. The number of barbiturate groups is 1. The number of benzene rings is 2. The Balaban J connectivity index is 2.01. The summed E-state index contributed by atoms with van der Waals surface area (Å²) < 4.78 is 5.16. The molecular weight excluding hydrogens is 332 g/mol. The standard InChI is InChI=1S/C20H18N2O4/c1-12-4-7-15(8-5-12)22-19(24)17(18(23)21-20(22)25)11-14-6-9-16(26-3)10-13(14)2/h4-11H,1-3H3,(H,21,23,25). The summed E-state index contributed by atoms with van der Waals surface area (Å²) in [5.41, 5.74) is 2.85. The minimum atomic E-state index is -0.757. The summed E-state index contributed by atoms with van der Waals surface area (Å²) in [5.74, 6) is -0.683. The fraction of sp³-hybridized carbons (Fsp3) is 0.150. The van der Waals surface area contributed by atoms with Crippen molar-refractivity contribution < 1.29 is 19.1 Å². The number of amides is 4. The maximum Gasteiger partial charge on any atom is 0.335 e. The third kappa shape index (κ3) is 3.21. The van der Waals surface area contributed by atoms with E-state index in [1.807, 2.05) is 13.8 Å². The number of imide groups is 2. The second kappa shape index (κ2) is 6.84. The molecule has 3 rings (SSSR count). The van der Waals surface area contributed by atoms with Crippen molar-refractivity contribution in [2.24, 2.45) is 0 Å². The van der Waals surface area contributed by atoms with Crippen LogP contribution in [-0.4, -0.2) is 25.0 Å². The van der Waals surface area contributed by atoms with Crippen molar-refractivity contribution in [2.45, 2.75) is 13.8 Å². The van der Waals surface area contributed by atoms with Gasteiger partial charge in [-0.05, 0) is 55.3 Å². The van der Waals surface area contributed by atoms with Crippen LogP contribution in [0, 0.1) is 13.8 Å². The first-order valence-electron chi connectivity index (χ1n) is 8.03. The van der Waals surface area contributed by atoms with Crippen LogP contribution >= 0.6 is 0 Å². The maximum absolute atomic E-state index is 12.8. The summed E-state index contributed by atoms with van der Waals surface area (Å²) >= 11 is 0. The summed E-state index contributed by atoms with van der Waals surface area (Å²) in [6.45, 7) is 3.76. The second-order valence-electron chi connectivity index (χ2n) is 6.02. The van der Waals surface area contributed by atoms with E-state index < -0.39 is 17.8 Å². The lowest BCUT2D eigenvalue weighted by Gasteiger charge is -2.26. The van der Waals surface area contributed by atoms with Crippen LogP contribution < -0.4 is 15.0 Å². The highest BCUT2D eigenvalue weighted by Gasteiger charge is 2.36. The molecule has 0 aromatic heterocycles. The lowest BCUT2D eigenvalue weighted by molar-refractivity contribution is -0.122. The van der Waals surface area contributed by atoms with Crippen molar-refractivity contribution >= 4 is 29.6 Å². The summed E-state index contributed by atoms with van der Waals surface area (Å²) in [6, 6.07) is 11.5. The number of carbonyl (C=O) groups excluding carboxylic acids is 3. The zero-order chi connectivity index (χ0) is 18.8.